The Morgan fingerprint density at radius 3 is 2.57 bits per heavy atom. The van der Waals surface area contributed by atoms with Gasteiger partial charge in [-0.15, -0.1) is 0 Å². The molecule has 2 atom stereocenters. The summed E-state index contributed by atoms with van der Waals surface area (Å²) in [4.78, 5) is 39.8. The lowest BCUT2D eigenvalue weighted by Gasteiger charge is -2.27. The Bertz CT molecular complexity index is 962. The Kier molecular flexibility index (Phi) is 6.14. The molecule has 3 rings (SSSR count). The molecule has 0 radical (unpaired) electrons. The molecule has 2 aromatic rings. The van der Waals surface area contributed by atoms with Crippen LogP contribution in [0, 0.1) is 5.92 Å². The Labute approximate surface area is 164 Å². The number of nitrogens with one attached hydrogen (secondary N) is 1. The fourth-order valence-electron chi connectivity index (χ4n) is 4.05. The maximum Gasteiger partial charge on any atom is 0.332 e. The van der Waals surface area contributed by atoms with Gasteiger partial charge in [0.1, 0.15) is 17.9 Å². The first-order valence-electron chi connectivity index (χ1n) is 9.96. The number of nitrogens with zero attached hydrogens (tertiary/aromatic N) is 2. The highest BCUT2D eigenvalue weighted by molar-refractivity contribution is 6.00. The lowest BCUT2D eigenvalue weighted by atomic mass is 10.00. The van der Waals surface area contributed by atoms with Crippen molar-refractivity contribution in [3.63, 3.8) is 0 Å². The molecule has 0 spiro atoms. The number of nitrogen functional groups attached to an aromatic ring is 1. The van der Waals surface area contributed by atoms with Gasteiger partial charge in [-0.25, -0.2) is 4.79 Å². The molecule has 1 aromatic carbocycles. The van der Waals surface area contributed by atoms with Crippen LogP contribution in [-0.4, -0.2) is 34.6 Å². The number of carbonyl (C=O) groups excluding carboxylic acids is 1. The number of benzene rings is 1. The molecule has 3 N–H and O–H groups in total. The number of hydrogen-bond acceptors (Lipinski definition) is 4. The first-order chi connectivity index (χ1) is 13.4. The number of ketones is 1. The molecule has 0 aliphatic carbocycles. The molecule has 1 aliphatic heterocycles. The summed E-state index contributed by atoms with van der Waals surface area (Å²) in [6.45, 7) is 6.38. The molecular weight excluding hydrogens is 356 g/mol. The molecule has 2 heterocycles. The summed E-state index contributed by atoms with van der Waals surface area (Å²) in [7, 11) is 0. The monoisotopic (exact) mass is 385 g/mol. The SMILES string of the molecule is CCn1c(=O)c(C(=O)C[NH+]2CCC[C@@H](C)C2)c(N)n(Cc2ccccc2)c1=O. The highest BCUT2D eigenvalue weighted by atomic mass is 16.2. The standard InChI is InChI=1S/C21H28N4O3/c1-3-24-20(27)18(17(26)14-23-11-7-8-15(2)12-23)19(22)25(21(24)28)13-16-9-5-4-6-10-16/h4-6,9-10,15H,3,7-8,11-14,22H2,1-2H3/p+1/t15-/m1/s1. The van der Waals surface area contributed by atoms with E-state index in [2.05, 4.69) is 6.92 Å². The van der Waals surface area contributed by atoms with Crippen molar-refractivity contribution < 1.29 is 9.69 Å². The fraction of sp³-hybridized carbons (Fsp3) is 0.476. The summed E-state index contributed by atoms with van der Waals surface area (Å²) in [5, 5.41) is 0. The third-order valence-electron chi connectivity index (χ3n) is 5.52. The number of aromatic nitrogens is 2. The highest BCUT2D eigenvalue weighted by Gasteiger charge is 2.27. The van der Waals surface area contributed by atoms with Gasteiger partial charge in [-0.2, -0.15) is 0 Å². The van der Waals surface area contributed by atoms with E-state index in [1.807, 2.05) is 30.3 Å². The van der Waals surface area contributed by atoms with Gasteiger partial charge < -0.3 is 10.6 Å². The highest BCUT2D eigenvalue weighted by Crippen LogP contribution is 2.10. The van der Waals surface area contributed by atoms with Gasteiger partial charge >= 0.3 is 5.69 Å². The zero-order chi connectivity index (χ0) is 20.3. The minimum Gasteiger partial charge on any atom is -0.384 e. The van der Waals surface area contributed by atoms with E-state index in [0.717, 1.165) is 29.6 Å². The summed E-state index contributed by atoms with van der Waals surface area (Å²) >= 11 is 0. The van der Waals surface area contributed by atoms with E-state index in [-0.39, 0.29) is 36.8 Å². The molecule has 1 aliphatic rings. The van der Waals surface area contributed by atoms with Crippen LogP contribution < -0.4 is 21.9 Å². The largest absolute Gasteiger partial charge is 0.384 e. The topological polar surface area (TPSA) is 91.5 Å². The van der Waals surface area contributed by atoms with Gasteiger partial charge in [0.2, 0.25) is 5.78 Å². The lowest BCUT2D eigenvalue weighted by Crippen LogP contribution is -3.14. The average Bonchev–Trinajstić information content (AvgIpc) is 2.66. The van der Waals surface area contributed by atoms with E-state index in [1.54, 1.807) is 6.92 Å². The van der Waals surface area contributed by atoms with Crippen LogP contribution in [0.2, 0.25) is 0 Å². The fourth-order valence-corrected chi connectivity index (χ4v) is 4.05. The van der Waals surface area contributed by atoms with Crippen molar-refractivity contribution in [3.8, 4) is 0 Å². The molecule has 150 valence electrons. The number of likely N-dealkylation sites (tertiary alicyclic amines) is 1. The third-order valence-corrected chi connectivity index (χ3v) is 5.52. The molecule has 7 heteroatoms. The summed E-state index contributed by atoms with van der Waals surface area (Å²) in [6.07, 6.45) is 2.25. The second-order valence-electron chi connectivity index (χ2n) is 7.72. The smallest absolute Gasteiger partial charge is 0.332 e. The van der Waals surface area contributed by atoms with Gasteiger partial charge in [0.05, 0.1) is 19.6 Å². The molecule has 0 amide bonds. The van der Waals surface area contributed by atoms with Crippen LogP contribution in [-0.2, 0) is 13.1 Å². The number of quaternary nitrogens is 1. The molecule has 7 nitrogen and oxygen atoms in total. The third kappa shape index (κ3) is 4.09. The maximum atomic E-state index is 13.0. The Morgan fingerprint density at radius 2 is 1.93 bits per heavy atom. The predicted molar refractivity (Wildman–Crippen MR) is 109 cm³/mol. The molecule has 1 unspecified atom stereocenters. The molecule has 1 aromatic heterocycles. The van der Waals surface area contributed by atoms with Crippen molar-refractivity contribution >= 4 is 11.6 Å². The quantitative estimate of drug-likeness (QED) is 0.693. The zero-order valence-electron chi connectivity index (χ0n) is 16.6. The molecule has 0 bridgehead atoms. The van der Waals surface area contributed by atoms with Crippen molar-refractivity contribution in [1.29, 1.82) is 0 Å². The number of anilines is 1. The average molecular weight is 385 g/mol. The number of carbonyl (C=O) groups is 1. The molecular formula is C21H29N4O3+. The maximum absolute atomic E-state index is 13.0. The van der Waals surface area contributed by atoms with Crippen LogP contribution in [0.25, 0.3) is 0 Å². The van der Waals surface area contributed by atoms with Gasteiger partial charge in [-0.05, 0) is 25.3 Å². The van der Waals surface area contributed by atoms with Gasteiger partial charge in [0.25, 0.3) is 5.56 Å². The van der Waals surface area contributed by atoms with Crippen LogP contribution in [0.15, 0.2) is 39.9 Å². The van der Waals surface area contributed by atoms with Gasteiger partial charge in [0.15, 0.2) is 0 Å². The number of piperidine rings is 1. The van der Waals surface area contributed by atoms with E-state index in [1.165, 1.54) is 15.9 Å². The summed E-state index contributed by atoms with van der Waals surface area (Å²) < 4.78 is 2.43. The van der Waals surface area contributed by atoms with Gasteiger partial charge in [0, 0.05) is 12.5 Å². The molecule has 1 saturated heterocycles. The predicted octanol–water partition coefficient (Wildman–Crippen LogP) is 0.158. The zero-order valence-corrected chi connectivity index (χ0v) is 16.6. The number of hydrogen-bond donors (Lipinski definition) is 2. The molecule has 0 saturated carbocycles. The minimum absolute atomic E-state index is 0.0296. The van der Waals surface area contributed by atoms with Crippen molar-refractivity contribution in [2.45, 2.75) is 39.8 Å². The van der Waals surface area contributed by atoms with Crippen LogP contribution in [0.1, 0.15) is 42.6 Å². The normalized spacial score (nSPS) is 19.5. The van der Waals surface area contributed by atoms with E-state index in [0.29, 0.717) is 5.92 Å². The van der Waals surface area contributed by atoms with E-state index in [9.17, 15) is 14.4 Å². The summed E-state index contributed by atoms with van der Waals surface area (Å²) in [6, 6.07) is 9.40. The summed E-state index contributed by atoms with van der Waals surface area (Å²) in [5.41, 5.74) is 5.98. The Balaban J connectivity index is 2.00. The van der Waals surface area contributed by atoms with Gasteiger partial charge in [-0.3, -0.25) is 18.7 Å². The van der Waals surface area contributed by atoms with Crippen LogP contribution >= 0.6 is 0 Å². The molecule has 1 fully saturated rings. The lowest BCUT2D eigenvalue weighted by molar-refractivity contribution is -0.900. The first-order valence-corrected chi connectivity index (χ1v) is 9.96. The summed E-state index contributed by atoms with van der Waals surface area (Å²) in [5.74, 6) is 0.252. The van der Waals surface area contributed by atoms with Crippen LogP contribution in [0.5, 0.6) is 0 Å². The van der Waals surface area contributed by atoms with E-state index in [4.69, 9.17) is 5.73 Å². The van der Waals surface area contributed by atoms with E-state index < -0.39 is 11.2 Å². The second kappa shape index (κ2) is 8.56. The number of nitrogens with two attached hydrogens (primary N) is 1. The van der Waals surface area contributed by atoms with Crippen LogP contribution in [0.3, 0.4) is 0 Å². The van der Waals surface area contributed by atoms with E-state index >= 15 is 0 Å². The first kappa shape index (κ1) is 20.1. The number of Topliss-reactive ketones (excluding diaryl/α,β-unsaturated/α-hetero) is 1. The van der Waals surface area contributed by atoms with Crippen molar-refractivity contribution in [2.24, 2.45) is 5.92 Å². The van der Waals surface area contributed by atoms with Crippen LogP contribution in [0.4, 0.5) is 5.82 Å². The van der Waals surface area contributed by atoms with Gasteiger partial charge in [-0.1, -0.05) is 37.3 Å². The molecule has 28 heavy (non-hydrogen) atoms. The second-order valence-corrected chi connectivity index (χ2v) is 7.72. The van der Waals surface area contributed by atoms with Crippen molar-refractivity contribution in [1.82, 2.24) is 9.13 Å². The Hall–Kier alpha value is -2.67. The number of rotatable bonds is 6. The van der Waals surface area contributed by atoms with Crippen molar-refractivity contribution in [3.05, 3.63) is 62.3 Å². The Morgan fingerprint density at radius 1 is 1.21 bits per heavy atom. The van der Waals surface area contributed by atoms with Crippen molar-refractivity contribution in [2.75, 3.05) is 25.4 Å². The minimum atomic E-state index is -0.580.